The highest BCUT2D eigenvalue weighted by molar-refractivity contribution is 5.94. The Kier molecular flexibility index (Phi) is 6.91. The predicted octanol–water partition coefficient (Wildman–Crippen LogP) is 3.26. The summed E-state index contributed by atoms with van der Waals surface area (Å²) in [5.74, 6) is 1.70. The molecule has 0 radical (unpaired) electrons. The van der Waals surface area contributed by atoms with E-state index in [2.05, 4.69) is 19.2 Å². The molecule has 0 saturated heterocycles. The van der Waals surface area contributed by atoms with E-state index in [0.717, 1.165) is 12.8 Å². The largest absolute Gasteiger partial charge is 0.493 e. The molecule has 0 heterocycles. The van der Waals surface area contributed by atoms with Gasteiger partial charge in [0.05, 0.1) is 13.7 Å². The summed E-state index contributed by atoms with van der Waals surface area (Å²) in [6.07, 6.45) is 2.15. The van der Waals surface area contributed by atoms with Gasteiger partial charge in [-0.05, 0) is 31.0 Å². The molecule has 1 aromatic rings. The Bertz CT molecular complexity index is 428. The molecule has 4 heteroatoms. The molecule has 0 aliphatic carbocycles. The van der Waals surface area contributed by atoms with Crippen molar-refractivity contribution in [3.8, 4) is 11.5 Å². The van der Waals surface area contributed by atoms with Crippen LogP contribution in [-0.4, -0.2) is 26.2 Å². The highest BCUT2D eigenvalue weighted by atomic mass is 16.5. The van der Waals surface area contributed by atoms with Gasteiger partial charge in [0.2, 0.25) is 0 Å². The molecular formula is C16H25NO3. The van der Waals surface area contributed by atoms with Gasteiger partial charge in [-0.25, -0.2) is 0 Å². The van der Waals surface area contributed by atoms with Gasteiger partial charge in [-0.1, -0.05) is 26.7 Å². The topological polar surface area (TPSA) is 47.6 Å². The lowest BCUT2D eigenvalue weighted by Crippen LogP contribution is -2.28. The summed E-state index contributed by atoms with van der Waals surface area (Å²) in [4.78, 5) is 12.1. The molecule has 0 saturated carbocycles. The van der Waals surface area contributed by atoms with Crippen molar-refractivity contribution in [3.63, 3.8) is 0 Å². The van der Waals surface area contributed by atoms with Crippen LogP contribution in [0.2, 0.25) is 0 Å². The van der Waals surface area contributed by atoms with Crippen molar-refractivity contribution >= 4 is 5.91 Å². The fraction of sp³-hybridized carbons (Fsp3) is 0.562. The van der Waals surface area contributed by atoms with Crippen molar-refractivity contribution in [1.29, 1.82) is 0 Å². The molecule has 20 heavy (non-hydrogen) atoms. The summed E-state index contributed by atoms with van der Waals surface area (Å²) < 4.78 is 10.7. The van der Waals surface area contributed by atoms with Crippen LogP contribution in [0.15, 0.2) is 18.2 Å². The SMILES string of the molecule is CCOc1ccc(C(=O)NCC(CC)CC)cc1OC. The van der Waals surface area contributed by atoms with Crippen LogP contribution in [0, 0.1) is 5.92 Å². The van der Waals surface area contributed by atoms with Crippen LogP contribution in [0.1, 0.15) is 44.0 Å². The number of ether oxygens (including phenoxy) is 2. The van der Waals surface area contributed by atoms with Crippen LogP contribution in [0.25, 0.3) is 0 Å². The molecule has 1 amide bonds. The molecule has 0 fully saturated rings. The second kappa shape index (κ2) is 8.46. The number of amides is 1. The van der Waals surface area contributed by atoms with Crippen LogP contribution in [0.5, 0.6) is 11.5 Å². The molecule has 0 aliphatic rings. The minimum absolute atomic E-state index is 0.0711. The molecule has 0 bridgehead atoms. The first-order valence-corrected chi connectivity index (χ1v) is 7.25. The Morgan fingerprint density at radius 2 is 1.90 bits per heavy atom. The van der Waals surface area contributed by atoms with Crippen molar-refractivity contribution < 1.29 is 14.3 Å². The van der Waals surface area contributed by atoms with Crippen molar-refractivity contribution in [2.45, 2.75) is 33.6 Å². The average molecular weight is 279 g/mol. The molecular weight excluding hydrogens is 254 g/mol. The van der Waals surface area contributed by atoms with Crippen molar-refractivity contribution in [2.24, 2.45) is 5.92 Å². The first-order valence-electron chi connectivity index (χ1n) is 7.25. The zero-order valence-electron chi connectivity index (χ0n) is 12.9. The Balaban J connectivity index is 2.73. The van der Waals surface area contributed by atoms with E-state index in [0.29, 0.717) is 36.1 Å². The summed E-state index contributed by atoms with van der Waals surface area (Å²) >= 11 is 0. The lowest BCUT2D eigenvalue weighted by Gasteiger charge is -2.14. The molecule has 0 spiro atoms. The second-order valence-corrected chi connectivity index (χ2v) is 4.69. The van der Waals surface area contributed by atoms with Gasteiger partial charge >= 0.3 is 0 Å². The third-order valence-electron chi connectivity index (χ3n) is 3.43. The Hall–Kier alpha value is -1.71. The minimum atomic E-state index is -0.0711. The maximum Gasteiger partial charge on any atom is 0.251 e. The van der Waals surface area contributed by atoms with E-state index in [9.17, 15) is 4.79 Å². The van der Waals surface area contributed by atoms with Crippen LogP contribution in [0.4, 0.5) is 0 Å². The second-order valence-electron chi connectivity index (χ2n) is 4.69. The van der Waals surface area contributed by atoms with E-state index in [1.165, 1.54) is 0 Å². The summed E-state index contributed by atoms with van der Waals surface area (Å²) in [5, 5.41) is 2.97. The monoisotopic (exact) mass is 279 g/mol. The highest BCUT2D eigenvalue weighted by Crippen LogP contribution is 2.28. The molecule has 0 aromatic heterocycles. The van der Waals surface area contributed by atoms with Crippen molar-refractivity contribution in [1.82, 2.24) is 5.32 Å². The predicted molar refractivity (Wildman–Crippen MR) is 80.6 cm³/mol. The van der Waals surface area contributed by atoms with Crippen LogP contribution >= 0.6 is 0 Å². The Labute approximate surface area is 121 Å². The number of rotatable bonds is 8. The number of carbonyl (C=O) groups is 1. The molecule has 4 nitrogen and oxygen atoms in total. The zero-order chi connectivity index (χ0) is 15.0. The summed E-state index contributed by atoms with van der Waals surface area (Å²) in [5.41, 5.74) is 0.594. The fourth-order valence-electron chi connectivity index (χ4n) is 2.00. The van der Waals surface area contributed by atoms with Gasteiger partial charge in [0.1, 0.15) is 0 Å². The van der Waals surface area contributed by atoms with Gasteiger partial charge in [0, 0.05) is 12.1 Å². The van der Waals surface area contributed by atoms with E-state index in [4.69, 9.17) is 9.47 Å². The molecule has 112 valence electrons. The summed E-state index contributed by atoms with van der Waals surface area (Å²) in [6.45, 7) is 7.47. The van der Waals surface area contributed by atoms with Crippen molar-refractivity contribution in [2.75, 3.05) is 20.3 Å². The van der Waals surface area contributed by atoms with Crippen LogP contribution < -0.4 is 14.8 Å². The first kappa shape index (κ1) is 16.3. The molecule has 0 aliphatic heterocycles. The quantitative estimate of drug-likeness (QED) is 0.794. The number of hydrogen-bond acceptors (Lipinski definition) is 3. The number of hydrogen-bond donors (Lipinski definition) is 1. The van der Waals surface area contributed by atoms with E-state index in [1.807, 2.05) is 6.92 Å². The molecule has 1 aromatic carbocycles. The zero-order valence-corrected chi connectivity index (χ0v) is 12.9. The lowest BCUT2D eigenvalue weighted by atomic mass is 10.0. The van der Waals surface area contributed by atoms with Gasteiger partial charge in [0.25, 0.3) is 5.91 Å². The maximum absolute atomic E-state index is 12.1. The third-order valence-corrected chi connectivity index (χ3v) is 3.43. The van der Waals surface area contributed by atoms with Gasteiger partial charge in [0.15, 0.2) is 11.5 Å². The summed E-state index contributed by atoms with van der Waals surface area (Å²) in [7, 11) is 1.57. The number of methoxy groups -OCH3 is 1. The minimum Gasteiger partial charge on any atom is -0.493 e. The lowest BCUT2D eigenvalue weighted by molar-refractivity contribution is 0.0946. The summed E-state index contributed by atoms with van der Waals surface area (Å²) in [6, 6.07) is 5.25. The van der Waals surface area contributed by atoms with Gasteiger partial charge in [-0.2, -0.15) is 0 Å². The van der Waals surface area contributed by atoms with E-state index in [1.54, 1.807) is 25.3 Å². The van der Waals surface area contributed by atoms with Crippen LogP contribution in [0.3, 0.4) is 0 Å². The molecule has 1 N–H and O–H groups in total. The Morgan fingerprint density at radius 1 is 1.20 bits per heavy atom. The Morgan fingerprint density at radius 3 is 2.45 bits per heavy atom. The van der Waals surface area contributed by atoms with E-state index >= 15 is 0 Å². The normalized spacial score (nSPS) is 10.4. The van der Waals surface area contributed by atoms with E-state index < -0.39 is 0 Å². The number of carbonyl (C=O) groups excluding carboxylic acids is 1. The molecule has 0 unspecified atom stereocenters. The average Bonchev–Trinajstić information content (AvgIpc) is 2.48. The van der Waals surface area contributed by atoms with Gasteiger partial charge in [-0.3, -0.25) is 4.79 Å². The molecule has 0 atom stereocenters. The highest BCUT2D eigenvalue weighted by Gasteiger charge is 2.12. The first-order chi connectivity index (χ1) is 9.65. The third kappa shape index (κ3) is 4.44. The van der Waals surface area contributed by atoms with Gasteiger partial charge in [-0.15, -0.1) is 0 Å². The van der Waals surface area contributed by atoms with Gasteiger partial charge < -0.3 is 14.8 Å². The standard InChI is InChI=1S/C16H25NO3/c1-5-12(6-2)11-17-16(18)13-8-9-14(20-7-3)15(10-13)19-4/h8-10,12H,5-7,11H2,1-4H3,(H,17,18). The number of nitrogens with one attached hydrogen (secondary N) is 1. The molecule has 1 rings (SSSR count). The maximum atomic E-state index is 12.1. The van der Waals surface area contributed by atoms with Crippen LogP contribution in [-0.2, 0) is 0 Å². The van der Waals surface area contributed by atoms with E-state index in [-0.39, 0.29) is 5.91 Å². The fourth-order valence-corrected chi connectivity index (χ4v) is 2.00. The smallest absolute Gasteiger partial charge is 0.251 e. The number of benzene rings is 1. The van der Waals surface area contributed by atoms with Crippen molar-refractivity contribution in [3.05, 3.63) is 23.8 Å².